The second kappa shape index (κ2) is 9.93. The van der Waals surface area contributed by atoms with E-state index in [4.69, 9.17) is 9.47 Å². The van der Waals surface area contributed by atoms with Gasteiger partial charge in [0.1, 0.15) is 24.0 Å². The van der Waals surface area contributed by atoms with Gasteiger partial charge in [-0.2, -0.15) is 0 Å². The lowest BCUT2D eigenvalue weighted by atomic mass is 10.0. The highest BCUT2D eigenvalue weighted by Crippen LogP contribution is 2.13. The second-order valence-electron chi connectivity index (χ2n) is 6.76. The van der Waals surface area contributed by atoms with E-state index >= 15 is 0 Å². The van der Waals surface area contributed by atoms with Crippen molar-refractivity contribution in [2.75, 3.05) is 7.11 Å². The van der Waals surface area contributed by atoms with Gasteiger partial charge in [-0.1, -0.05) is 30.3 Å². The summed E-state index contributed by atoms with van der Waals surface area (Å²) in [5.41, 5.74) is 0.293. The molecule has 1 aromatic carbocycles. The van der Waals surface area contributed by atoms with Crippen molar-refractivity contribution < 1.29 is 23.9 Å². The number of aldehydes is 1. The monoisotopic (exact) mass is 349 g/mol. The Morgan fingerprint density at radius 3 is 2.28 bits per heavy atom. The van der Waals surface area contributed by atoms with Gasteiger partial charge in [-0.05, 0) is 39.2 Å². The third-order valence-electron chi connectivity index (χ3n) is 3.44. The number of methoxy groups -OCH3 is 1. The average Bonchev–Trinajstić information content (AvgIpc) is 2.56. The SMILES string of the molecule is COC(=O)C(CCC=O)N[C@@H](Cc1ccccc1)C(=O)OC(C)(C)C. The first-order chi connectivity index (χ1) is 11.8. The van der Waals surface area contributed by atoms with Crippen molar-refractivity contribution in [1.29, 1.82) is 0 Å². The third-order valence-corrected chi connectivity index (χ3v) is 3.44. The van der Waals surface area contributed by atoms with E-state index in [0.29, 0.717) is 6.42 Å². The third kappa shape index (κ3) is 7.94. The molecule has 0 saturated heterocycles. The molecular formula is C19H27NO5. The number of hydrogen-bond acceptors (Lipinski definition) is 6. The molecule has 0 fully saturated rings. The quantitative estimate of drug-likeness (QED) is 0.543. The second-order valence-corrected chi connectivity index (χ2v) is 6.76. The van der Waals surface area contributed by atoms with Crippen molar-refractivity contribution in [2.24, 2.45) is 0 Å². The predicted octanol–water partition coefficient (Wildman–Crippen LogP) is 2.05. The Bertz CT molecular complexity index is 565. The minimum absolute atomic E-state index is 0.194. The number of esters is 2. The van der Waals surface area contributed by atoms with Crippen LogP contribution in [0.3, 0.4) is 0 Å². The Labute approximate surface area is 148 Å². The topological polar surface area (TPSA) is 81.7 Å². The predicted molar refractivity (Wildman–Crippen MR) is 94.0 cm³/mol. The molecule has 1 rings (SSSR count). The molecule has 0 radical (unpaired) electrons. The summed E-state index contributed by atoms with van der Waals surface area (Å²) in [5, 5.41) is 3.00. The Balaban J connectivity index is 2.96. The Morgan fingerprint density at radius 2 is 1.76 bits per heavy atom. The molecule has 0 spiro atoms. The van der Waals surface area contributed by atoms with Crippen LogP contribution >= 0.6 is 0 Å². The van der Waals surface area contributed by atoms with Gasteiger partial charge < -0.3 is 14.3 Å². The molecule has 0 aromatic heterocycles. The summed E-state index contributed by atoms with van der Waals surface area (Å²) < 4.78 is 10.2. The summed E-state index contributed by atoms with van der Waals surface area (Å²) in [6.45, 7) is 5.36. The van der Waals surface area contributed by atoms with Crippen LogP contribution in [0, 0.1) is 0 Å². The number of rotatable bonds is 9. The van der Waals surface area contributed by atoms with Gasteiger partial charge in [0.05, 0.1) is 7.11 Å². The van der Waals surface area contributed by atoms with Gasteiger partial charge in [0.2, 0.25) is 0 Å². The molecule has 6 heteroatoms. The standard InChI is InChI=1S/C19H27NO5/c1-19(2,3)25-18(23)16(13-14-9-6-5-7-10-14)20-15(11-8-12-21)17(22)24-4/h5-7,9-10,12,15-16,20H,8,11,13H2,1-4H3/t15?,16-/m0/s1. The van der Waals surface area contributed by atoms with E-state index in [0.717, 1.165) is 11.8 Å². The molecule has 6 nitrogen and oxygen atoms in total. The van der Waals surface area contributed by atoms with E-state index in [1.165, 1.54) is 7.11 Å². The van der Waals surface area contributed by atoms with Crippen molar-refractivity contribution in [1.82, 2.24) is 5.32 Å². The van der Waals surface area contributed by atoms with Gasteiger partial charge >= 0.3 is 11.9 Å². The average molecular weight is 349 g/mol. The maximum atomic E-state index is 12.6. The van der Waals surface area contributed by atoms with E-state index in [1.807, 2.05) is 30.3 Å². The molecular weight excluding hydrogens is 322 g/mol. The summed E-state index contributed by atoms with van der Waals surface area (Å²) in [6.07, 6.45) is 1.55. The van der Waals surface area contributed by atoms with Crippen molar-refractivity contribution in [2.45, 2.75) is 57.7 Å². The molecule has 2 atom stereocenters. The zero-order chi connectivity index (χ0) is 18.9. The molecule has 0 heterocycles. The first-order valence-electron chi connectivity index (χ1n) is 8.31. The summed E-state index contributed by atoms with van der Waals surface area (Å²) in [6, 6.07) is 7.97. The molecule has 1 N–H and O–H groups in total. The zero-order valence-electron chi connectivity index (χ0n) is 15.3. The van der Waals surface area contributed by atoms with Gasteiger partial charge in [0.15, 0.2) is 0 Å². The molecule has 138 valence electrons. The summed E-state index contributed by atoms with van der Waals surface area (Å²) in [7, 11) is 1.28. The lowest BCUT2D eigenvalue weighted by Gasteiger charge is -2.27. The number of carbonyl (C=O) groups excluding carboxylic acids is 3. The van der Waals surface area contributed by atoms with Gasteiger partial charge in [0, 0.05) is 6.42 Å². The molecule has 0 amide bonds. The fourth-order valence-corrected chi connectivity index (χ4v) is 2.32. The van der Waals surface area contributed by atoms with Gasteiger partial charge in [-0.25, -0.2) is 0 Å². The molecule has 0 aliphatic rings. The fraction of sp³-hybridized carbons (Fsp3) is 0.526. The van der Waals surface area contributed by atoms with E-state index < -0.39 is 29.6 Å². The van der Waals surface area contributed by atoms with Crippen LogP contribution in [0.15, 0.2) is 30.3 Å². The van der Waals surface area contributed by atoms with E-state index in [1.54, 1.807) is 20.8 Å². The van der Waals surface area contributed by atoms with E-state index in [9.17, 15) is 14.4 Å². The van der Waals surface area contributed by atoms with Crippen LogP contribution in [0.1, 0.15) is 39.2 Å². The fourth-order valence-electron chi connectivity index (χ4n) is 2.32. The Hall–Kier alpha value is -2.21. The normalized spacial score (nSPS) is 13.6. The van der Waals surface area contributed by atoms with Crippen LogP contribution in [-0.4, -0.2) is 43.0 Å². The van der Waals surface area contributed by atoms with Crippen LogP contribution in [0.25, 0.3) is 0 Å². The first kappa shape index (κ1) is 20.8. The number of nitrogens with one attached hydrogen (secondary N) is 1. The summed E-state index contributed by atoms with van der Waals surface area (Å²) in [5.74, 6) is -0.958. The maximum Gasteiger partial charge on any atom is 0.324 e. The van der Waals surface area contributed by atoms with E-state index in [-0.39, 0.29) is 12.8 Å². The molecule has 0 aliphatic heterocycles. The Morgan fingerprint density at radius 1 is 1.12 bits per heavy atom. The van der Waals surface area contributed by atoms with Crippen molar-refractivity contribution in [3.8, 4) is 0 Å². The van der Waals surface area contributed by atoms with Crippen molar-refractivity contribution in [3.63, 3.8) is 0 Å². The summed E-state index contributed by atoms with van der Waals surface area (Å²) >= 11 is 0. The minimum atomic E-state index is -0.753. The van der Waals surface area contributed by atoms with E-state index in [2.05, 4.69) is 5.32 Å². The first-order valence-corrected chi connectivity index (χ1v) is 8.31. The molecule has 1 unspecified atom stereocenters. The highest BCUT2D eigenvalue weighted by atomic mass is 16.6. The highest BCUT2D eigenvalue weighted by molar-refractivity contribution is 5.80. The lowest BCUT2D eigenvalue weighted by molar-refractivity contribution is -0.158. The molecule has 1 aromatic rings. The number of hydrogen-bond donors (Lipinski definition) is 1. The number of carbonyl (C=O) groups is 3. The van der Waals surface area contributed by atoms with Crippen LogP contribution in [-0.2, 0) is 30.3 Å². The number of ether oxygens (including phenoxy) is 2. The minimum Gasteiger partial charge on any atom is -0.468 e. The lowest BCUT2D eigenvalue weighted by Crippen LogP contribution is -2.50. The van der Waals surface area contributed by atoms with Crippen molar-refractivity contribution in [3.05, 3.63) is 35.9 Å². The molecule has 0 bridgehead atoms. The Kier molecular flexibility index (Phi) is 8.28. The maximum absolute atomic E-state index is 12.6. The number of benzene rings is 1. The van der Waals surface area contributed by atoms with Crippen LogP contribution in [0.4, 0.5) is 0 Å². The summed E-state index contributed by atoms with van der Waals surface area (Å²) in [4.78, 5) is 35.2. The van der Waals surface area contributed by atoms with Crippen molar-refractivity contribution >= 4 is 18.2 Å². The van der Waals surface area contributed by atoms with Crippen LogP contribution < -0.4 is 5.32 Å². The molecule has 0 aliphatic carbocycles. The van der Waals surface area contributed by atoms with Gasteiger partial charge in [-0.3, -0.25) is 14.9 Å². The molecule has 25 heavy (non-hydrogen) atoms. The zero-order valence-corrected chi connectivity index (χ0v) is 15.3. The van der Waals surface area contributed by atoms with Crippen LogP contribution in [0.2, 0.25) is 0 Å². The molecule has 0 saturated carbocycles. The smallest absolute Gasteiger partial charge is 0.324 e. The van der Waals surface area contributed by atoms with Gasteiger partial charge in [0.25, 0.3) is 0 Å². The highest BCUT2D eigenvalue weighted by Gasteiger charge is 2.30. The van der Waals surface area contributed by atoms with Gasteiger partial charge in [-0.15, -0.1) is 0 Å². The van der Waals surface area contributed by atoms with Crippen LogP contribution in [0.5, 0.6) is 0 Å². The largest absolute Gasteiger partial charge is 0.468 e.